The highest BCUT2D eigenvalue weighted by molar-refractivity contribution is 6.33. The zero-order valence-electron chi connectivity index (χ0n) is 20.1. The number of halogens is 1. The molecule has 0 bridgehead atoms. The van der Waals surface area contributed by atoms with Crippen molar-refractivity contribution in [2.75, 3.05) is 26.2 Å². The fraction of sp³-hybridized carbons (Fsp3) is 0.720. The van der Waals surface area contributed by atoms with Gasteiger partial charge in [0.2, 0.25) is 0 Å². The summed E-state index contributed by atoms with van der Waals surface area (Å²) in [5.74, 6) is 0.698. The van der Waals surface area contributed by atoms with Crippen LogP contribution in [-0.2, 0) is 4.74 Å². The average molecular weight is 474 g/mol. The summed E-state index contributed by atoms with van der Waals surface area (Å²) in [4.78, 5) is 25.8. The molecule has 0 unspecified atom stereocenters. The Labute approximate surface area is 201 Å². The lowest BCUT2D eigenvalue weighted by atomic mass is 9.84. The molecule has 0 N–H and O–H groups in total. The molecule has 1 spiro atoms. The lowest BCUT2D eigenvalue weighted by Gasteiger charge is -2.46. The van der Waals surface area contributed by atoms with Gasteiger partial charge in [-0.25, -0.2) is 14.8 Å². The smallest absolute Gasteiger partial charge is 0.410 e. The minimum Gasteiger partial charge on any atom is -0.444 e. The maximum absolute atomic E-state index is 12.5. The van der Waals surface area contributed by atoms with Crippen molar-refractivity contribution in [2.45, 2.75) is 82.9 Å². The van der Waals surface area contributed by atoms with Gasteiger partial charge in [0, 0.05) is 37.4 Å². The standard InChI is InChI=1S/C25H36ClN5O2/c1-24(2,3)33-23(32)29-13-9-25(10-14-29)8-4-11-30(25)16-18-5-6-19(15-18)31-12-7-20-21(26)27-17-28-22(20)31/h7,12,17-19H,4-6,8-11,13-16H2,1-3H3/t18-,19+/m1/s1. The van der Waals surface area contributed by atoms with Crippen LogP contribution in [0.1, 0.15) is 71.8 Å². The van der Waals surface area contributed by atoms with Gasteiger partial charge in [-0.05, 0) is 84.2 Å². The topological polar surface area (TPSA) is 63.5 Å². The largest absolute Gasteiger partial charge is 0.444 e. The van der Waals surface area contributed by atoms with Gasteiger partial charge in [-0.3, -0.25) is 4.90 Å². The number of nitrogens with zero attached hydrogens (tertiary/aromatic N) is 5. The molecule has 1 aliphatic carbocycles. The van der Waals surface area contributed by atoms with E-state index in [1.807, 2.05) is 31.7 Å². The Hall–Kier alpha value is -1.86. The van der Waals surface area contributed by atoms with Crippen LogP contribution in [0.3, 0.4) is 0 Å². The van der Waals surface area contributed by atoms with E-state index in [0.29, 0.717) is 17.1 Å². The molecule has 2 saturated heterocycles. The van der Waals surface area contributed by atoms with Crippen LogP contribution in [0.2, 0.25) is 5.15 Å². The van der Waals surface area contributed by atoms with Crippen molar-refractivity contribution in [2.24, 2.45) is 5.92 Å². The van der Waals surface area contributed by atoms with E-state index in [4.69, 9.17) is 16.3 Å². The highest BCUT2D eigenvalue weighted by Crippen LogP contribution is 2.43. The fourth-order valence-corrected chi connectivity index (χ4v) is 6.48. The second-order valence-corrected chi connectivity index (χ2v) is 11.6. The summed E-state index contributed by atoms with van der Waals surface area (Å²) in [5, 5.41) is 1.47. The number of aromatic nitrogens is 3. The van der Waals surface area contributed by atoms with Gasteiger partial charge >= 0.3 is 6.09 Å². The SMILES string of the molecule is CC(C)(C)OC(=O)N1CCC2(CCCN2C[C@@H]2CC[C@H](n3ccc4c(Cl)ncnc43)C2)CC1. The summed E-state index contributed by atoms with van der Waals surface area (Å²) < 4.78 is 7.91. The second-order valence-electron chi connectivity index (χ2n) is 11.2. The Balaban J connectivity index is 1.20. The fourth-order valence-electron chi connectivity index (χ4n) is 6.29. The summed E-state index contributed by atoms with van der Waals surface area (Å²) in [6, 6.07) is 2.52. The highest BCUT2D eigenvalue weighted by atomic mass is 35.5. The first kappa shape index (κ1) is 22.9. The molecule has 5 rings (SSSR count). The summed E-state index contributed by atoms with van der Waals surface area (Å²) >= 11 is 6.26. The van der Waals surface area contributed by atoms with Crippen LogP contribution in [0, 0.1) is 5.92 Å². The number of amides is 1. The van der Waals surface area contributed by atoms with Gasteiger partial charge in [0.25, 0.3) is 0 Å². The second kappa shape index (κ2) is 8.73. The Kier molecular flexibility index (Phi) is 6.06. The van der Waals surface area contributed by atoms with Crippen LogP contribution in [0.5, 0.6) is 0 Å². The van der Waals surface area contributed by atoms with E-state index in [1.165, 1.54) is 38.6 Å². The number of likely N-dealkylation sites (tertiary alicyclic amines) is 2. The quantitative estimate of drug-likeness (QED) is 0.566. The molecule has 180 valence electrons. The predicted octanol–water partition coefficient (Wildman–Crippen LogP) is 5.29. The number of rotatable bonds is 3. The molecular formula is C25H36ClN5O2. The lowest BCUT2D eigenvalue weighted by Crippen LogP contribution is -2.54. The summed E-state index contributed by atoms with van der Waals surface area (Å²) in [5.41, 5.74) is 0.776. The van der Waals surface area contributed by atoms with Crippen LogP contribution in [0.4, 0.5) is 4.79 Å². The van der Waals surface area contributed by atoms with E-state index in [-0.39, 0.29) is 11.6 Å². The molecular weight excluding hydrogens is 438 g/mol. The van der Waals surface area contributed by atoms with Gasteiger partial charge < -0.3 is 14.2 Å². The van der Waals surface area contributed by atoms with Gasteiger partial charge in [-0.15, -0.1) is 0 Å². The van der Waals surface area contributed by atoms with E-state index in [0.717, 1.165) is 43.5 Å². The predicted molar refractivity (Wildman–Crippen MR) is 129 cm³/mol. The highest BCUT2D eigenvalue weighted by Gasteiger charge is 2.45. The van der Waals surface area contributed by atoms with E-state index in [1.54, 1.807) is 6.33 Å². The van der Waals surface area contributed by atoms with Crippen molar-refractivity contribution in [3.63, 3.8) is 0 Å². The van der Waals surface area contributed by atoms with Crippen molar-refractivity contribution in [1.82, 2.24) is 24.3 Å². The first-order valence-electron chi connectivity index (χ1n) is 12.4. The van der Waals surface area contributed by atoms with Crippen LogP contribution in [0.25, 0.3) is 11.0 Å². The Morgan fingerprint density at radius 3 is 2.73 bits per heavy atom. The zero-order chi connectivity index (χ0) is 23.2. The number of hydrogen-bond acceptors (Lipinski definition) is 5. The number of hydrogen-bond donors (Lipinski definition) is 0. The van der Waals surface area contributed by atoms with E-state index in [2.05, 4.69) is 25.6 Å². The molecule has 7 nitrogen and oxygen atoms in total. The molecule has 1 saturated carbocycles. The van der Waals surface area contributed by atoms with Crippen molar-refractivity contribution in [3.05, 3.63) is 23.7 Å². The molecule has 1 amide bonds. The molecule has 2 aromatic heterocycles. The third-order valence-electron chi connectivity index (χ3n) is 7.93. The maximum Gasteiger partial charge on any atom is 0.410 e. The van der Waals surface area contributed by atoms with Gasteiger partial charge in [-0.2, -0.15) is 0 Å². The van der Waals surface area contributed by atoms with Gasteiger partial charge in [0.15, 0.2) is 0 Å². The molecule has 3 fully saturated rings. The molecule has 8 heteroatoms. The summed E-state index contributed by atoms with van der Waals surface area (Å²) in [6.07, 6.45) is 11.8. The van der Waals surface area contributed by atoms with Crippen molar-refractivity contribution in [1.29, 1.82) is 0 Å². The Morgan fingerprint density at radius 1 is 1.18 bits per heavy atom. The molecule has 2 aromatic rings. The molecule has 2 atom stereocenters. The first-order chi connectivity index (χ1) is 15.7. The summed E-state index contributed by atoms with van der Waals surface area (Å²) in [6.45, 7) is 9.75. The number of piperidine rings is 1. The maximum atomic E-state index is 12.5. The van der Waals surface area contributed by atoms with Crippen LogP contribution in [0.15, 0.2) is 18.6 Å². The monoisotopic (exact) mass is 473 g/mol. The van der Waals surface area contributed by atoms with Gasteiger partial charge in [-0.1, -0.05) is 11.6 Å². The third kappa shape index (κ3) is 4.59. The molecule has 0 aromatic carbocycles. The minimum atomic E-state index is -0.437. The zero-order valence-corrected chi connectivity index (χ0v) is 20.9. The molecule has 0 radical (unpaired) electrons. The third-order valence-corrected chi connectivity index (χ3v) is 8.23. The Bertz CT molecular complexity index is 1010. The number of ether oxygens (including phenoxy) is 1. The van der Waals surface area contributed by atoms with Crippen LogP contribution < -0.4 is 0 Å². The van der Waals surface area contributed by atoms with E-state index < -0.39 is 5.60 Å². The normalized spacial score (nSPS) is 25.9. The lowest BCUT2D eigenvalue weighted by molar-refractivity contribution is 0.000666. The van der Waals surface area contributed by atoms with E-state index in [9.17, 15) is 4.79 Å². The number of fused-ring (bicyclic) bond motifs is 1. The number of carbonyl (C=O) groups excluding carboxylic acids is 1. The van der Waals surface area contributed by atoms with E-state index >= 15 is 0 Å². The Morgan fingerprint density at radius 2 is 1.97 bits per heavy atom. The molecule has 4 heterocycles. The van der Waals surface area contributed by atoms with Crippen LogP contribution >= 0.6 is 11.6 Å². The molecule has 33 heavy (non-hydrogen) atoms. The number of carbonyl (C=O) groups is 1. The van der Waals surface area contributed by atoms with Crippen LogP contribution in [-0.4, -0.2) is 67.7 Å². The minimum absolute atomic E-state index is 0.164. The van der Waals surface area contributed by atoms with Crippen molar-refractivity contribution in [3.8, 4) is 0 Å². The first-order valence-corrected chi connectivity index (χ1v) is 12.8. The van der Waals surface area contributed by atoms with Crippen molar-refractivity contribution < 1.29 is 9.53 Å². The van der Waals surface area contributed by atoms with Gasteiger partial charge in [0.1, 0.15) is 22.7 Å². The molecule has 3 aliphatic rings. The van der Waals surface area contributed by atoms with Crippen molar-refractivity contribution >= 4 is 28.7 Å². The average Bonchev–Trinajstić information content (AvgIpc) is 3.48. The van der Waals surface area contributed by atoms with Gasteiger partial charge in [0.05, 0.1) is 5.39 Å². The molecule has 2 aliphatic heterocycles. The summed E-state index contributed by atoms with van der Waals surface area (Å²) in [7, 11) is 0.